The van der Waals surface area contributed by atoms with Gasteiger partial charge in [-0.3, -0.25) is 0 Å². The van der Waals surface area contributed by atoms with Gasteiger partial charge in [0, 0.05) is 21.0 Å². The SMILES string of the molecule is CC1(C)Cc2nc(-c3ccccc3Br)sc2C(N)C1. The van der Waals surface area contributed by atoms with Crippen molar-refractivity contribution in [3.05, 3.63) is 39.3 Å². The predicted molar refractivity (Wildman–Crippen MR) is 84.3 cm³/mol. The summed E-state index contributed by atoms with van der Waals surface area (Å²) in [7, 11) is 0. The summed E-state index contributed by atoms with van der Waals surface area (Å²) in [5.41, 5.74) is 8.92. The van der Waals surface area contributed by atoms with Crippen LogP contribution < -0.4 is 5.73 Å². The Kier molecular flexibility index (Phi) is 3.28. The van der Waals surface area contributed by atoms with E-state index in [0.717, 1.165) is 27.9 Å². The summed E-state index contributed by atoms with van der Waals surface area (Å²) in [6.07, 6.45) is 2.06. The smallest absolute Gasteiger partial charge is 0.125 e. The molecule has 0 saturated carbocycles. The lowest BCUT2D eigenvalue weighted by molar-refractivity contribution is 0.282. The van der Waals surface area contributed by atoms with Crippen molar-refractivity contribution in [3.8, 4) is 10.6 Å². The molecule has 0 fully saturated rings. The first kappa shape index (κ1) is 13.3. The van der Waals surface area contributed by atoms with Gasteiger partial charge in [0.2, 0.25) is 0 Å². The van der Waals surface area contributed by atoms with Crippen molar-refractivity contribution < 1.29 is 0 Å². The number of halogens is 1. The number of hydrogen-bond acceptors (Lipinski definition) is 3. The van der Waals surface area contributed by atoms with E-state index in [2.05, 4.69) is 41.9 Å². The molecule has 3 rings (SSSR count). The fourth-order valence-electron chi connectivity index (χ4n) is 2.74. The number of nitrogens with zero attached hydrogens (tertiary/aromatic N) is 1. The number of aromatic nitrogens is 1. The van der Waals surface area contributed by atoms with E-state index >= 15 is 0 Å². The molecule has 1 atom stereocenters. The summed E-state index contributed by atoms with van der Waals surface area (Å²) in [5, 5.41) is 1.07. The molecule has 2 nitrogen and oxygen atoms in total. The first-order valence-corrected chi connectivity index (χ1v) is 8.07. The predicted octanol–water partition coefficient (Wildman–Crippen LogP) is 4.54. The van der Waals surface area contributed by atoms with E-state index < -0.39 is 0 Å². The molecule has 100 valence electrons. The molecule has 0 bridgehead atoms. The Bertz CT molecular complexity index is 618. The molecule has 2 aromatic rings. The molecule has 0 amide bonds. The van der Waals surface area contributed by atoms with Gasteiger partial charge in [0.05, 0.1) is 5.69 Å². The first-order valence-electron chi connectivity index (χ1n) is 6.46. The van der Waals surface area contributed by atoms with Gasteiger partial charge in [-0.1, -0.05) is 48.0 Å². The van der Waals surface area contributed by atoms with Crippen molar-refractivity contribution in [1.29, 1.82) is 0 Å². The van der Waals surface area contributed by atoms with Gasteiger partial charge < -0.3 is 5.73 Å². The lowest BCUT2D eigenvalue weighted by Gasteiger charge is -2.32. The van der Waals surface area contributed by atoms with Crippen LogP contribution in [0.25, 0.3) is 10.6 Å². The Morgan fingerprint density at radius 3 is 2.84 bits per heavy atom. The van der Waals surface area contributed by atoms with Crippen LogP contribution in [-0.2, 0) is 6.42 Å². The van der Waals surface area contributed by atoms with Crippen molar-refractivity contribution >= 4 is 27.3 Å². The number of benzene rings is 1. The Labute approximate surface area is 126 Å². The third kappa shape index (κ3) is 2.49. The summed E-state index contributed by atoms with van der Waals surface area (Å²) in [6, 6.07) is 8.36. The van der Waals surface area contributed by atoms with Gasteiger partial charge in [-0.25, -0.2) is 4.98 Å². The number of rotatable bonds is 1. The van der Waals surface area contributed by atoms with Crippen LogP contribution in [0.15, 0.2) is 28.7 Å². The zero-order valence-electron chi connectivity index (χ0n) is 11.1. The molecule has 1 heterocycles. The van der Waals surface area contributed by atoms with Gasteiger partial charge in [0.25, 0.3) is 0 Å². The van der Waals surface area contributed by atoms with Crippen LogP contribution >= 0.6 is 27.3 Å². The summed E-state index contributed by atoms with van der Waals surface area (Å²) < 4.78 is 1.09. The molecule has 0 spiro atoms. The molecule has 4 heteroatoms. The van der Waals surface area contributed by atoms with E-state index in [1.54, 1.807) is 11.3 Å². The van der Waals surface area contributed by atoms with E-state index in [4.69, 9.17) is 10.7 Å². The van der Waals surface area contributed by atoms with Crippen LogP contribution in [0, 0.1) is 5.41 Å². The maximum Gasteiger partial charge on any atom is 0.125 e. The highest BCUT2D eigenvalue weighted by Gasteiger charge is 2.33. The molecule has 0 aliphatic heterocycles. The van der Waals surface area contributed by atoms with Crippen molar-refractivity contribution in [2.24, 2.45) is 11.1 Å². The van der Waals surface area contributed by atoms with Gasteiger partial charge in [0.15, 0.2) is 0 Å². The highest BCUT2D eigenvalue weighted by atomic mass is 79.9. The Hall–Kier alpha value is -0.710. The lowest BCUT2D eigenvalue weighted by Crippen LogP contribution is -2.28. The maximum absolute atomic E-state index is 6.31. The molecule has 1 aromatic heterocycles. The number of thiazole rings is 1. The average Bonchev–Trinajstić information content (AvgIpc) is 2.71. The standard InChI is InChI=1S/C15H17BrN2S/c1-15(2)7-11(17)13-12(8-15)18-14(19-13)9-5-3-4-6-10(9)16/h3-6,11H,7-8,17H2,1-2H3. The Morgan fingerprint density at radius 2 is 2.11 bits per heavy atom. The van der Waals surface area contributed by atoms with Crippen LogP contribution in [0.3, 0.4) is 0 Å². The quantitative estimate of drug-likeness (QED) is 0.829. The summed E-state index contributed by atoms with van der Waals surface area (Å²) in [6.45, 7) is 4.54. The first-order chi connectivity index (χ1) is 8.96. The molecule has 1 aliphatic carbocycles. The van der Waals surface area contributed by atoms with E-state index in [0.29, 0.717) is 0 Å². The van der Waals surface area contributed by atoms with Crippen molar-refractivity contribution in [1.82, 2.24) is 4.98 Å². The molecular weight excluding hydrogens is 320 g/mol. The molecule has 1 aliphatic rings. The van der Waals surface area contributed by atoms with Gasteiger partial charge in [-0.15, -0.1) is 11.3 Å². The Balaban J connectivity index is 2.07. The van der Waals surface area contributed by atoms with Crippen LogP contribution in [0.2, 0.25) is 0 Å². The third-order valence-corrected chi connectivity index (χ3v) is 5.54. The van der Waals surface area contributed by atoms with Gasteiger partial charge >= 0.3 is 0 Å². The van der Waals surface area contributed by atoms with E-state index in [9.17, 15) is 0 Å². The fraction of sp³-hybridized carbons (Fsp3) is 0.400. The van der Waals surface area contributed by atoms with Gasteiger partial charge in [-0.2, -0.15) is 0 Å². The highest BCUT2D eigenvalue weighted by molar-refractivity contribution is 9.10. The van der Waals surface area contributed by atoms with Gasteiger partial charge in [-0.05, 0) is 24.3 Å². The third-order valence-electron chi connectivity index (χ3n) is 3.59. The second-order valence-corrected chi connectivity index (χ2v) is 7.85. The molecular formula is C15H17BrN2S. The summed E-state index contributed by atoms with van der Waals surface area (Å²) in [5.74, 6) is 0. The minimum absolute atomic E-state index is 0.132. The van der Waals surface area contributed by atoms with Crippen molar-refractivity contribution in [3.63, 3.8) is 0 Å². The van der Waals surface area contributed by atoms with Gasteiger partial charge in [0.1, 0.15) is 5.01 Å². The minimum Gasteiger partial charge on any atom is -0.323 e. The second-order valence-electron chi connectivity index (χ2n) is 5.96. The largest absolute Gasteiger partial charge is 0.323 e. The minimum atomic E-state index is 0.132. The molecule has 0 saturated heterocycles. The molecule has 19 heavy (non-hydrogen) atoms. The highest BCUT2D eigenvalue weighted by Crippen LogP contribution is 2.44. The number of fused-ring (bicyclic) bond motifs is 1. The van der Waals surface area contributed by atoms with E-state index in [1.807, 2.05) is 12.1 Å². The second kappa shape index (κ2) is 4.69. The zero-order valence-corrected chi connectivity index (χ0v) is 13.5. The maximum atomic E-state index is 6.31. The van der Waals surface area contributed by atoms with Crippen LogP contribution in [0.4, 0.5) is 0 Å². The van der Waals surface area contributed by atoms with Crippen LogP contribution in [0.1, 0.15) is 36.9 Å². The average molecular weight is 337 g/mol. The van der Waals surface area contributed by atoms with E-state index in [1.165, 1.54) is 10.6 Å². The van der Waals surface area contributed by atoms with Crippen LogP contribution in [0.5, 0.6) is 0 Å². The number of hydrogen-bond donors (Lipinski definition) is 1. The summed E-state index contributed by atoms with van der Waals surface area (Å²) in [4.78, 5) is 6.11. The molecule has 0 radical (unpaired) electrons. The molecule has 1 aromatic carbocycles. The summed E-state index contributed by atoms with van der Waals surface area (Å²) >= 11 is 5.34. The zero-order chi connectivity index (χ0) is 13.6. The lowest BCUT2D eigenvalue weighted by atomic mass is 9.77. The van der Waals surface area contributed by atoms with Crippen LogP contribution in [-0.4, -0.2) is 4.98 Å². The van der Waals surface area contributed by atoms with Crippen molar-refractivity contribution in [2.75, 3.05) is 0 Å². The fourth-order valence-corrected chi connectivity index (χ4v) is 4.47. The van der Waals surface area contributed by atoms with E-state index in [-0.39, 0.29) is 11.5 Å². The Morgan fingerprint density at radius 1 is 1.37 bits per heavy atom. The van der Waals surface area contributed by atoms with Crippen molar-refractivity contribution in [2.45, 2.75) is 32.7 Å². The molecule has 2 N–H and O–H groups in total. The topological polar surface area (TPSA) is 38.9 Å². The molecule has 1 unspecified atom stereocenters. The number of nitrogens with two attached hydrogens (primary N) is 1. The normalized spacial score (nSPS) is 21.2. The monoisotopic (exact) mass is 336 g/mol.